The Labute approximate surface area is 104 Å². The van der Waals surface area contributed by atoms with Crippen molar-refractivity contribution < 1.29 is 13.2 Å². The molecule has 102 valence electrons. The van der Waals surface area contributed by atoms with Crippen molar-refractivity contribution in [2.45, 2.75) is 31.7 Å². The highest BCUT2D eigenvalue weighted by Crippen LogP contribution is 2.23. The molecule has 7 heteroatoms. The normalized spacial score (nSPS) is 22.1. The number of hydrogen-bond acceptors (Lipinski definition) is 4. The number of rotatable bonds is 8. The molecule has 0 spiro atoms. The monoisotopic (exact) mass is 265 g/mol. The van der Waals surface area contributed by atoms with Gasteiger partial charge in [0.1, 0.15) is 0 Å². The van der Waals surface area contributed by atoms with Gasteiger partial charge in [-0.25, -0.2) is 0 Å². The van der Waals surface area contributed by atoms with Gasteiger partial charge in [0, 0.05) is 26.2 Å². The van der Waals surface area contributed by atoms with E-state index in [4.69, 9.17) is 10.5 Å². The molecule has 0 saturated carbocycles. The fourth-order valence-corrected chi connectivity index (χ4v) is 3.60. The maximum Gasteiger partial charge on any atom is 0.279 e. The van der Waals surface area contributed by atoms with E-state index in [1.165, 1.54) is 0 Å². The zero-order valence-corrected chi connectivity index (χ0v) is 11.2. The molecule has 1 atom stereocenters. The zero-order chi connectivity index (χ0) is 12.7. The van der Waals surface area contributed by atoms with E-state index in [1.807, 2.05) is 0 Å². The van der Waals surface area contributed by atoms with E-state index in [2.05, 4.69) is 4.72 Å². The second-order valence-corrected chi connectivity index (χ2v) is 5.94. The highest BCUT2D eigenvalue weighted by Gasteiger charge is 2.33. The zero-order valence-electron chi connectivity index (χ0n) is 10.4. The number of ether oxygens (including phenoxy) is 1. The molecular weight excluding hydrogens is 242 g/mol. The average Bonchev–Trinajstić information content (AvgIpc) is 2.75. The molecule has 1 aliphatic heterocycles. The number of nitrogens with one attached hydrogen (secondary N) is 1. The van der Waals surface area contributed by atoms with Gasteiger partial charge in [-0.2, -0.15) is 17.4 Å². The van der Waals surface area contributed by atoms with Gasteiger partial charge in [-0.05, 0) is 32.2 Å². The fourth-order valence-electron chi connectivity index (χ4n) is 2.12. The van der Waals surface area contributed by atoms with Crippen molar-refractivity contribution in [2.24, 2.45) is 5.73 Å². The van der Waals surface area contributed by atoms with E-state index in [0.717, 1.165) is 25.7 Å². The van der Waals surface area contributed by atoms with Crippen molar-refractivity contribution in [1.82, 2.24) is 9.03 Å². The lowest BCUT2D eigenvalue weighted by Gasteiger charge is -2.24. The molecule has 0 aromatic rings. The minimum atomic E-state index is -3.35. The summed E-state index contributed by atoms with van der Waals surface area (Å²) in [5, 5.41) is 0. The molecule has 0 amide bonds. The Morgan fingerprint density at radius 3 is 2.94 bits per heavy atom. The summed E-state index contributed by atoms with van der Waals surface area (Å²) in [6, 6.07) is 0.110. The van der Waals surface area contributed by atoms with Crippen molar-refractivity contribution in [3.05, 3.63) is 0 Å². The topological polar surface area (TPSA) is 84.7 Å². The van der Waals surface area contributed by atoms with Crippen LogP contribution in [-0.2, 0) is 14.9 Å². The Hall–Kier alpha value is -0.210. The largest absolute Gasteiger partial charge is 0.383 e. The van der Waals surface area contributed by atoms with Crippen molar-refractivity contribution in [2.75, 3.05) is 33.4 Å². The summed E-state index contributed by atoms with van der Waals surface area (Å²) in [6.07, 6.45) is 3.59. The van der Waals surface area contributed by atoms with Crippen LogP contribution in [0.5, 0.6) is 0 Å². The Morgan fingerprint density at radius 2 is 2.29 bits per heavy atom. The highest BCUT2D eigenvalue weighted by molar-refractivity contribution is 7.87. The molecule has 0 aromatic heterocycles. The maximum atomic E-state index is 12.0. The van der Waals surface area contributed by atoms with E-state index in [1.54, 1.807) is 11.4 Å². The molecule has 1 saturated heterocycles. The molecule has 1 rings (SSSR count). The lowest BCUT2D eigenvalue weighted by molar-refractivity contribution is 0.203. The van der Waals surface area contributed by atoms with E-state index in [9.17, 15) is 8.42 Å². The summed E-state index contributed by atoms with van der Waals surface area (Å²) in [7, 11) is -1.80. The smallest absolute Gasteiger partial charge is 0.279 e. The van der Waals surface area contributed by atoms with Gasteiger partial charge in [0.05, 0.1) is 6.61 Å². The van der Waals surface area contributed by atoms with E-state index in [-0.39, 0.29) is 6.04 Å². The van der Waals surface area contributed by atoms with Crippen LogP contribution in [0.2, 0.25) is 0 Å². The first-order valence-electron chi connectivity index (χ1n) is 6.07. The number of hydrogen-bond donors (Lipinski definition) is 2. The quantitative estimate of drug-likeness (QED) is 0.589. The van der Waals surface area contributed by atoms with E-state index >= 15 is 0 Å². The van der Waals surface area contributed by atoms with Crippen molar-refractivity contribution in [3.8, 4) is 0 Å². The summed E-state index contributed by atoms with van der Waals surface area (Å²) in [5.74, 6) is 0. The molecule has 3 N–H and O–H groups in total. The second-order valence-electron chi connectivity index (χ2n) is 4.23. The van der Waals surface area contributed by atoms with E-state index < -0.39 is 10.2 Å². The Balaban J connectivity index is 2.50. The molecule has 1 unspecified atom stereocenters. The van der Waals surface area contributed by atoms with Crippen LogP contribution >= 0.6 is 0 Å². The number of nitrogens with two attached hydrogens (primary N) is 1. The first-order valence-corrected chi connectivity index (χ1v) is 7.51. The summed E-state index contributed by atoms with van der Waals surface area (Å²) >= 11 is 0. The number of methoxy groups -OCH3 is 1. The van der Waals surface area contributed by atoms with Crippen LogP contribution in [0, 0.1) is 0 Å². The van der Waals surface area contributed by atoms with Gasteiger partial charge in [0.2, 0.25) is 0 Å². The molecule has 1 fully saturated rings. The van der Waals surface area contributed by atoms with Gasteiger partial charge in [0.25, 0.3) is 10.2 Å². The molecule has 0 bridgehead atoms. The van der Waals surface area contributed by atoms with Crippen molar-refractivity contribution >= 4 is 10.2 Å². The van der Waals surface area contributed by atoms with Crippen LogP contribution in [0.25, 0.3) is 0 Å². The summed E-state index contributed by atoms with van der Waals surface area (Å²) in [4.78, 5) is 0. The SMILES string of the molecule is COCCNS(=O)(=O)N1CCCC1CCCN. The molecular formula is C10H23N3O3S. The first kappa shape index (κ1) is 14.8. The lowest BCUT2D eigenvalue weighted by Crippen LogP contribution is -2.44. The highest BCUT2D eigenvalue weighted by atomic mass is 32.2. The molecule has 1 aliphatic rings. The van der Waals surface area contributed by atoms with Gasteiger partial charge in [-0.3, -0.25) is 0 Å². The van der Waals surface area contributed by atoms with Crippen molar-refractivity contribution in [1.29, 1.82) is 0 Å². The standard InChI is InChI=1S/C10H23N3O3S/c1-16-9-7-12-17(14,15)13-8-3-5-10(13)4-2-6-11/h10,12H,2-9,11H2,1H3. The van der Waals surface area contributed by atoms with Gasteiger partial charge in [-0.1, -0.05) is 0 Å². The van der Waals surface area contributed by atoms with E-state index in [0.29, 0.717) is 26.2 Å². The van der Waals surface area contributed by atoms with Crippen LogP contribution in [0.4, 0.5) is 0 Å². The number of nitrogens with zero attached hydrogens (tertiary/aromatic N) is 1. The Morgan fingerprint density at radius 1 is 1.53 bits per heavy atom. The van der Waals surface area contributed by atoms with Crippen LogP contribution in [0.15, 0.2) is 0 Å². The molecule has 17 heavy (non-hydrogen) atoms. The van der Waals surface area contributed by atoms with Crippen molar-refractivity contribution in [3.63, 3.8) is 0 Å². The predicted molar refractivity (Wildman–Crippen MR) is 66.8 cm³/mol. The molecule has 1 heterocycles. The van der Waals surface area contributed by atoms with Gasteiger partial charge >= 0.3 is 0 Å². The maximum absolute atomic E-state index is 12.0. The second kappa shape index (κ2) is 7.27. The summed E-state index contributed by atoms with van der Waals surface area (Å²) in [6.45, 7) is 1.93. The molecule has 0 radical (unpaired) electrons. The molecule has 0 aliphatic carbocycles. The minimum Gasteiger partial charge on any atom is -0.383 e. The molecule has 0 aromatic carbocycles. The van der Waals surface area contributed by atoms with Crippen LogP contribution in [0.3, 0.4) is 0 Å². The third-order valence-corrected chi connectivity index (χ3v) is 4.63. The van der Waals surface area contributed by atoms with Crippen LogP contribution in [-0.4, -0.2) is 52.1 Å². The Kier molecular flexibility index (Phi) is 6.35. The first-order chi connectivity index (χ1) is 8.11. The minimum absolute atomic E-state index is 0.110. The summed E-state index contributed by atoms with van der Waals surface area (Å²) < 4.78 is 33.0. The van der Waals surface area contributed by atoms with Crippen LogP contribution < -0.4 is 10.5 Å². The fraction of sp³-hybridized carbons (Fsp3) is 1.00. The van der Waals surface area contributed by atoms with Gasteiger partial charge < -0.3 is 10.5 Å². The lowest BCUT2D eigenvalue weighted by atomic mass is 10.1. The predicted octanol–water partition coefficient (Wildman–Crippen LogP) is -0.329. The summed E-state index contributed by atoms with van der Waals surface area (Å²) in [5.41, 5.74) is 5.46. The van der Waals surface area contributed by atoms with Crippen LogP contribution in [0.1, 0.15) is 25.7 Å². The average molecular weight is 265 g/mol. The molecule has 6 nitrogen and oxygen atoms in total. The third-order valence-electron chi connectivity index (χ3n) is 2.96. The van der Waals surface area contributed by atoms with Gasteiger partial charge in [0.15, 0.2) is 0 Å². The Bertz CT molecular complexity index is 308. The third kappa shape index (κ3) is 4.51. The van der Waals surface area contributed by atoms with Gasteiger partial charge in [-0.15, -0.1) is 0 Å².